The molecule has 0 aliphatic rings. The van der Waals surface area contributed by atoms with Crippen LogP contribution in [-0.4, -0.2) is 0 Å². The maximum absolute atomic E-state index is 5.54. The highest BCUT2D eigenvalue weighted by Crippen LogP contribution is 2.03. The van der Waals surface area contributed by atoms with Crippen molar-refractivity contribution in [2.24, 2.45) is 0 Å². The van der Waals surface area contributed by atoms with Gasteiger partial charge in [-0.2, -0.15) is 0 Å². The minimum atomic E-state index is 0.794. The first-order valence-corrected chi connectivity index (χ1v) is 5.30. The van der Waals surface area contributed by atoms with Gasteiger partial charge in [-0.05, 0) is 26.0 Å². The fourth-order valence-corrected chi connectivity index (χ4v) is 1.37. The van der Waals surface area contributed by atoms with Crippen LogP contribution in [0.3, 0.4) is 0 Å². The summed E-state index contributed by atoms with van der Waals surface area (Å²) < 4.78 is 0. The summed E-state index contributed by atoms with van der Waals surface area (Å²) in [6, 6.07) is 17.9. The van der Waals surface area contributed by atoms with E-state index < -0.39 is 0 Å². The monoisotopic (exact) mass is 218 g/mol. The van der Waals surface area contributed by atoms with Crippen LogP contribution in [0.4, 0.5) is 0 Å². The average molecular weight is 219 g/mol. The minimum absolute atomic E-state index is 0.794. The molecule has 0 aliphatic carbocycles. The van der Waals surface area contributed by atoms with Crippen molar-refractivity contribution in [1.29, 1.82) is 0 Å². The molecule has 0 aliphatic heterocycles. The van der Waals surface area contributed by atoms with Crippen LogP contribution < -0.4 is 0 Å². The second-order valence-electron chi connectivity index (χ2n) is 3.45. The van der Waals surface area contributed by atoms with E-state index in [0.29, 0.717) is 0 Å². The van der Waals surface area contributed by atoms with Gasteiger partial charge >= 0.3 is 0 Å². The van der Waals surface area contributed by atoms with Gasteiger partial charge in [0.15, 0.2) is 0 Å². The lowest BCUT2D eigenvalue weighted by molar-refractivity contribution is 1.39. The van der Waals surface area contributed by atoms with Crippen LogP contribution in [0.15, 0.2) is 54.6 Å². The molecule has 2 aromatic rings. The highest BCUT2D eigenvalue weighted by molar-refractivity contribution is 6.30. The highest BCUT2D eigenvalue weighted by Gasteiger charge is 1.80. The largest absolute Gasteiger partial charge is 0.0843 e. The zero-order valence-corrected chi connectivity index (χ0v) is 9.83. The molecule has 0 radical (unpaired) electrons. The molecule has 0 nitrogen and oxygen atoms in total. The fourth-order valence-electron chi connectivity index (χ4n) is 1.22. The molecule has 0 bridgehead atoms. The van der Waals surface area contributed by atoms with Crippen LogP contribution in [-0.2, 0) is 0 Å². The lowest BCUT2D eigenvalue weighted by Crippen LogP contribution is -1.71. The van der Waals surface area contributed by atoms with Gasteiger partial charge in [-0.15, -0.1) is 0 Å². The Morgan fingerprint density at radius 3 is 1.53 bits per heavy atom. The predicted octanol–water partition coefficient (Wildman–Crippen LogP) is 4.64. The van der Waals surface area contributed by atoms with E-state index in [1.807, 2.05) is 30.3 Å². The lowest BCUT2D eigenvalue weighted by Gasteiger charge is -1.90. The number of hydrogen-bond acceptors (Lipinski definition) is 0. The van der Waals surface area contributed by atoms with Gasteiger partial charge < -0.3 is 0 Å². The van der Waals surface area contributed by atoms with Gasteiger partial charge in [0.05, 0.1) is 0 Å². The van der Waals surface area contributed by atoms with E-state index in [0.717, 1.165) is 5.02 Å². The van der Waals surface area contributed by atoms with Crippen LogP contribution >= 0.6 is 11.6 Å². The topological polar surface area (TPSA) is 0 Å². The SMILES string of the molecule is Cc1cccc(C)c1.Clc1ccccc1. The van der Waals surface area contributed by atoms with Crippen molar-refractivity contribution >= 4 is 11.6 Å². The Hall–Kier alpha value is -1.27. The van der Waals surface area contributed by atoms with Crippen LogP contribution in [0.5, 0.6) is 0 Å². The third kappa shape index (κ3) is 5.24. The maximum atomic E-state index is 5.54. The summed E-state index contributed by atoms with van der Waals surface area (Å²) in [7, 11) is 0. The summed E-state index contributed by atoms with van der Waals surface area (Å²) in [4.78, 5) is 0. The Morgan fingerprint density at radius 2 is 1.27 bits per heavy atom. The lowest BCUT2D eigenvalue weighted by atomic mass is 10.2. The van der Waals surface area contributed by atoms with E-state index in [2.05, 4.69) is 38.1 Å². The average Bonchev–Trinajstić information content (AvgIpc) is 2.19. The summed E-state index contributed by atoms with van der Waals surface area (Å²) in [6.45, 7) is 4.21. The number of hydrogen-bond donors (Lipinski definition) is 0. The smallest absolute Gasteiger partial charge is 0.0405 e. The van der Waals surface area contributed by atoms with E-state index in [9.17, 15) is 0 Å². The zero-order valence-electron chi connectivity index (χ0n) is 9.07. The molecule has 0 N–H and O–H groups in total. The normalized spacial score (nSPS) is 9.00. The quantitative estimate of drug-likeness (QED) is 0.604. The zero-order chi connectivity index (χ0) is 11.1. The van der Waals surface area contributed by atoms with Gasteiger partial charge in [0.1, 0.15) is 0 Å². The molecule has 0 atom stereocenters. The molecule has 0 amide bonds. The molecule has 2 aromatic carbocycles. The van der Waals surface area contributed by atoms with Crippen molar-refractivity contribution in [2.75, 3.05) is 0 Å². The Kier molecular flexibility index (Phi) is 4.92. The van der Waals surface area contributed by atoms with Gasteiger partial charge in [0.2, 0.25) is 0 Å². The molecule has 0 saturated carbocycles. The van der Waals surface area contributed by atoms with Crippen molar-refractivity contribution in [3.63, 3.8) is 0 Å². The summed E-state index contributed by atoms with van der Waals surface area (Å²) in [5.41, 5.74) is 2.68. The van der Waals surface area contributed by atoms with Gasteiger partial charge in [0, 0.05) is 5.02 Å². The molecular formula is C14H15Cl. The standard InChI is InChI=1S/C8H10.C6H5Cl/c1-7-4-3-5-8(2)6-7;7-6-4-2-1-3-5-6/h3-6H,1-2H3;1-5H. The fraction of sp³-hybridized carbons (Fsp3) is 0.143. The minimum Gasteiger partial charge on any atom is -0.0843 e. The predicted molar refractivity (Wildman–Crippen MR) is 67.4 cm³/mol. The maximum Gasteiger partial charge on any atom is 0.0405 e. The Bertz CT molecular complexity index is 376. The Morgan fingerprint density at radius 1 is 0.733 bits per heavy atom. The molecule has 78 valence electrons. The van der Waals surface area contributed by atoms with E-state index in [1.54, 1.807) is 0 Å². The molecule has 1 heteroatoms. The number of benzene rings is 2. The second-order valence-corrected chi connectivity index (χ2v) is 3.89. The highest BCUT2D eigenvalue weighted by atomic mass is 35.5. The summed E-state index contributed by atoms with van der Waals surface area (Å²) in [6.07, 6.45) is 0. The van der Waals surface area contributed by atoms with E-state index in [4.69, 9.17) is 11.6 Å². The van der Waals surface area contributed by atoms with Crippen LogP contribution in [0.1, 0.15) is 11.1 Å². The van der Waals surface area contributed by atoms with Gasteiger partial charge in [-0.3, -0.25) is 0 Å². The van der Waals surface area contributed by atoms with Crippen molar-refractivity contribution in [1.82, 2.24) is 0 Å². The van der Waals surface area contributed by atoms with Crippen LogP contribution in [0, 0.1) is 13.8 Å². The van der Waals surface area contributed by atoms with E-state index in [1.165, 1.54) is 11.1 Å². The Labute approximate surface area is 96.5 Å². The summed E-state index contributed by atoms with van der Waals surface area (Å²) >= 11 is 5.54. The van der Waals surface area contributed by atoms with E-state index >= 15 is 0 Å². The van der Waals surface area contributed by atoms with Crippen LogP contribution in [0.2, 0.25) is 5.02 Å². The summed E-state index contributed by atoms with van der Waals surface area (Å²) in [5, 5.41) is 0.794. The van der Waals surface area contributed by atoms with Gasteiger partial charge in [-0.1, -0.05) is 65.2 Å². The van der Waals surface area contributed by atoms with E-state index in [-0.39, 0.29) is 0 Å². The molecule has 2 rings (SSSR count). The van der Waals surface area contributed by atoms with Crippen molar-refractivity contribution < 1.29 is 0 Å². The van der Waals surface area contributed by atoms with Crippen molar-refractivity contribution in [3.8, 4) is 0 Å². The summed E-state index contributed by atoms with van der Waals surface area (Å²) in [5.74, 6) is 0. The molecule has 0 heterocycles. The second kappa shape index (κ2) is 6.26. The third-order valence-corrected chi connectivity index (χ3v) is 2.16. The first-order valence-electron chi connectivity index (χ1n) is 4.92. The number of rotatable bonds is 0. The molecule has 0 aromatic heterocycles. The Balaban J connectivity index is 0.000000151. The van der Waals surface area contributed by atoms with Gasteiger partial charge in [-0.25, -0.2) is 0 Å². The molecule has 0 unspecified atom stereocenters. The first-order chi connectivity index (χ1) is 7.18. The van der Waals surface area contributed by atoms with Crippen molar-refractivity contribution in [2.45, 2.75) is 13.8 Å². The first kappa shape index (κ1) is 11.8. The number of aryl methyl sites for hydroxylation is 2. The molecule has 0 saturated heterocycles. The molecule has 0 fully saturated rings. The van der Waals surface area contributed by atoms with Crippen LogP contribution in [0.25, 0.3) is 0 Å². The molecule has 0 spiro atoms. The van der Waals surface area contributed by atoms with Crippen molar-refractivity contribution in [3.05, 3.63) is 70.7 Å². The molecular weight excluding hydrogens is 204 g/mol. The molecule has 15 heavy (non-hydrogen) atoms. The third-order valence-electron chi connectivity index (χ3n) is 1.91. The number of halogens is 1. The van der Waals surface area contributed by atoms with Gasteiger partial charge in [0.25, 0.3) is 0 Å².